The Hall–Kier alpha value is -3.26. The molecule has 0 N–H and O–H groups in total. The number of benzene rings is 2. The molecule has 31 heavy (non-hydrogen) atoms. The van der Waals surface area contributed by atoms with Gasteiger partial charge in [-0.15, -0.1) is 0 Å². The van der Waals surface area contributed by atoms with E-state index in [1.54, 1.807) is 24.5 Å². The van der Waals surface area contributed by atoms with E-state index in [0.29, 0.717) is 36.8 Å². The van der Waals surface area contributed by atoms with Crippen molar-refractivity contribution in [3.05, 3.63) is 48.2 Å². The third-order valence-electron chi connectivity index (χ3n) is 5.45. The van der Waals surface area contributed by atoms with E-state index in [1.165, 1.54) is 0 Å². The van der Waals surface area contributed by atoms with Crippen LogP contribution in [0.4, 0.5) is 5.13 Å². The lowest BCUT2D eigenvalue weighted by Gasteiger charge is -2.34. The summed E-state index contributed by atoms with van der Waals surface area (Å²) in [5.74, 6) is 1.70. The van der Waals surface area contributed by atoms with E-state index in [4.69, 9.17) is 18.9 Å². The number of anilines is 1. The fourth-order valence-electron chi connectivity index (χ4n) is 3.88. The number of para-hydroxylation sites is 2. The van der Waals surface area contributed by atoms with Crippen LogP contribution in [0.5, 0.6) is 11.5 Å². The molecular formula is C23H23N3O4S. The molecule has 1 aliphatic rings. The van der Waals surface area contributed by atoms with Gasteiger partial charge in [-0.05, 0) is 31.2 Å². The Morgan fingerprint density at radius 2 is 1.90 bits per heavy atom. The van der Waals surface area contributed by atoms with Crippen LogP contribution in [0.15, 0.2) is 46.9 Å². The molecule has 3 heterocycles. The number of aromatic nitrogens is 1. The van der Waals surface area contributed by atoms with Gasteiger partial charge in [-0.3, -0.25) is 4.79 Å². The molecular weight excluding hydrogens is 414 g/mol. The Labute approximate surface area is 183 Å². The highest BCUT2D eigenvalue weighted by molar-refractivity contribution is 7.22. The summed E-state index contributed by atoms with van der Waals surface area (Å²) in [5, 5.41) is 1.83. The van der Waals surface area contributed by atoms with Gasteiger partial charge in [-0.2, -0.15) is 0 Å². The van der Waals surface area contributed by atoms with Crippen molar-refractivity contribution in [2.45, 2.75) is 6.92 Å². The molecule has 0 radical (unpaired) electrons. The average Bonchev–Trinajstić information content (AvgIpc) is 3.44. The van der Waals surface area contributed by atoms with Crippen LogP contribution in [-0.4, -0.2) is 55.7 Å². The Kier molecular flexibility index (Phi) is 5.15. The summed E-state index contributed by atoms with van der Waals surface area (Å²) in [7, 11) is 1.66. The highest BCUT2D eigenvalue weighted by atomic mass is 32.1. The summed E-state index contributed by atoms with van der Waals surface area (Å²) in [6, 6.07) is 13.4. The maximum Gasteiger partial charge on any atom is 0.289 e. The van der Waals surface area contributed by atoms with Gasteiger partial charge in [-0.1, -0.05) is 29.5 Å². The van der Waals surface area contributed by atoms with E-state index in [0.717, 1.165) is 39.6 Å². The number of piperazine rings is 1. The number of hydrogen-bond donors (Lipinski definition) is 0. The number of furan rings is 1. The highest BCUT2D eigenvalue weighted by Gasteiger charge is 2.26. The van der Waals surface area contributed by atoms with Crippen LogP contribution in [0.1, 0.15) is 17.5 Å². The molecule has 0 spiro atoms. The Morgan fingerprint density at radius 3 is 2.68 bits per heavy atom. The smallest absolute Gasteiger partial charge is 0.289 e. The second-order valence-corrected chi connectivity index (χ2v) is 8.31. The van der Waals surface area contributed by atoms with Crippen molar-refractivity contribution in [1.29, 1.82) is 0 Å². The zero-order valence-corrected chi connectivity index (χ0v) is 18.3. The van der Waals surface area contributed by atoms with E-state index in [-0.39, 0.29) is 5.91 Å². The van der Waals surface area contributed by atoms with Crippen molar-refractivity contribution in [1.82, 2.24) is 9.88 Å². The number of carbonyl (C=O) groups excluding carboxylic acids is 1. The number of methoxy groups -OCH3 is 1. The van der Waals surface area contributed by atoms with Crippen LogP contribution in [0.2, 0.25) is 0 Å². The predicted octanol–water partition coefficient (Wildman–Crippen LogP) is 4.41. The van der Waals surface area contributed by atoms with Gasteiger partial charge < -0.3 is 23.7 Å². The lowest BCUT2D eigenvalue weighted by molar-refractivity contribution is 0.0717. The van der Waals surface area contributed by atoms with Gasteiger partial charge in [-0.25, -0.2) is 4.98 Å². The minimum absolute atomic E-state index is 0.0933. The first kappa shape index (κ1) is 19.7. The third kappa shape index (κ3) is 3.57. The maximum absolute atomic E-state index is 13.0. The Balaban J connectivity index is 1.31. The van der Waals surface area contributed by atoms with Crippen LogP contribution in [-0.2, 0) is 0 Å². The summed E-state index contributed by atoms with van der Waals surface area (Å²) >= 11 is 1.65. The normalized spacial score (nSPS) is 14.4. The van der Waals surface area contributed by atoms with Gasteiger partial charge in [0.2, 0.25) is 0 Å². The summed E-state index contributed by atoms with van der Waals surface area (Å²) in [4.78, 5) is 21.9. The van der Waals surface area contributed by atoms with Gasteiger partial charge in [0.25, 0.3) is 5.91 Å². The van der Waals surface area contributed by atoms with E-state index < -0.39 is 0 Å². The van der Waals surface area contributed by atoms with Crippen LogP contribution < -0.4 is 14.4 Å². The first-order valence-electron chi connectivity index (χ1n) is 10.3. The molecule has 0 saturated carbocycles. The van der Waals surface area contributed by atoms with Crippen molar-refractivity contribution in [3.8, 4) is 11.5 Å². The van der Waals surface area contributed by atoms with E-state index in [9.17, 15) is 4.79 Å². The number of thiazole rings is 1. The summed E-state index contributed by atoms with van der Waals surface area (Å²) < 4.78 is 18.0. The molecule has 5 rings (SSSR count). The molecule has 0 bridgehead atoms. The fraction of sp³-hybridized carbons (Fsp3) is 0.304. The molecule has 1 saturated heterocycles. The van der Waals surface area contributed by atoms with Crippen LogP contribution >= 0.6 is 11.3 Å². The van der Waals surface area contributed by atoms with E-state index >= 15 is 0 Å². The monoisotopic (exact) mass is 437 g/mol. The molecule has 2 aromatic carbocycles. The third-order valence-corrected chi connectivity index (χ3v) is 6.53. The van der Waals surface area contributed by atoms with Crippen molar-refractivity contribution in [2.24, 2.45) is 0 Å². The zero-order chi connectivity index (χ0) is 21.4. The van der Waals surface area contributed by atoms with Crippen molar-refractivity contribution >= 4 is 43.6 Å². The number of hydrogen-bond acceptors (Lipinski definition) is 7. The molecule has 8 heteroatoms. The fourth-order valence-corrected chi connectivity index (χ4v) is 4.91. The molecule has 1 aliphatic heterocycles. The average molecular weight is 438 g/mol. The Morgan fingerprint density at radius 1 is 1.13 bits per heavy atom. The predicted molar refractivity (Wildman–Crippen MR) is 122 cm³/mol. The number of ether oxygens (including phenoxy) is 2. The number of carbonyl (C=O) groups is 1. The first-order valence-corrected chi connectivity index (χ1v) is 11.1. The second kappa shape index (κ2) is 8.11. The topological polar surface area (TPSA) is 68.0 Å². The van der Waals surface area contributed by atoms with Gasteiger partial charge in [0.1, 0.15) is 11.3 Å². The number of nitrogens with zero attached hydrogens (tertiary/aromatic N) is 3. The van der Waals surface area contributed by atoms with Crippen molar-refractivity contribution in [3.63, 3.8) is 0 Å². The molecule has 7 nitrogen and oxygen atoms in total. The molecule has 2 aromatic heterocycles. The number of fused-ring (bicyclic) bond motifs is 2. The maximum atomic E-state index is 13.0. The van der Waals surface area contributed by atoms with Crippen LogP contribution in [0, 0.1) is 0 Å². The van der Waals surface area contributed by atoms with E-state index in [1.807, 2.05) is 42.2 Å². The standard InChI is InChI=1S/C23H23N3O4S/c1-3-29-17-8-4-6-15-14-18(30-21(15)17)22(27)25-10-12-26(13-11-25)23-24-20-16(28-2)7-5-9-19(20)31-23/h4-9,14H,3,10-13H2,1-2H3. The van der Waals surface area contributed by atoms with E-state index in [2.05, 4.69) is 11.0 Å². The molecule has 1 amide bonds. The SMILES string of the molecule is CCOc1cccc2cc(C(=O)N3CCN(c4nc5c(OC)cccc5s4)CC3)oc12. The highest BCUT2D eigenvalue weighted by Crippen LogP contribution is 2.34. The lowest BCUT2D eigenvalue weighted by atomic mass is 10.2. The number of amides is 1. The zero-order valence-electron chi connectivity index (χ0n) is 17.5. The number of rotatable bonds is 5. The van der Waals surface area contributed by atoms with Crippen molar-refractivity contribution in [2.75, 3.05) is 44.8 Å². The lowest BCUT2D eigenvalue weighted by Crippen LogP contribution is -2.48. The minimum Gasteiger partial charge on any atom is -0.494 e. The minimum atomic E-state index is -0.0933. The van der Waals surface area contributed by atoms with Crippen molar-refractivity contribution < 1.29 is 18.7 Å². The summed E-state index contributed by atoms with van der Waals surface area (Å²) in [5.41, 5.74) is 1.51. The first-order chi connectivity index (χ1) is 15.2. The second-order valence-electron chi connectivity index (χ2n) is 7.30. The molecule has 0 aliphatic carbocycles. The van der Waals surface area contributed by atoms with Crippen LogP contribution in [0.25, 0.3) is 21.2 Å². The van der Waals surface area contributed by atoms with Gasteiger partial charge in [0.15, 0.2) is 22.2 Å². The molecule has 1 fully saturated rings. The molecule has 0 atom stereocenters. The largest absolute Gasteiger partial charge is 0.494 e. The summed E-state index contributed by atoms with van der Waals surface area (Å²) in [6.07, 6.45) is 0. The summed E-state index contributed by atoms with van der Waals surface area (Å²) in [6.45, 7) is 5.14. The molecule has 4 aromatic rings. The van der Waals surface area contributed by atoms with Crippen LogP contribution in [0.3, 0.4) is 0 Å². The molecule has 160 valence electrons. The van der Waals surface area contributed by atoms with Gasteiger partial charge >= 0.3 is 0 Å². The molecule has 0 unspecified atom stereocenters. The Bertz CT molecular complexity index is 1240. The van der Waals surface area contributed by atoms with Gasteiger partial charge in [0.05, 0.1) is 18.4 Å². The quantitative estimate of drug-likeness (QED) is 0.461. The van der Waals surface area contributed by atoms with Gasteiger partial charge in [0, 0.05) is 31.6 Å².